The van der Waals surface area contributed by atoms with Gasteiger partial charge in [-0.15, -0.1) is 0 Å². The van der Waals surface area contributed by atoms with Crippen molar-refractivity contribution in [2.45, 2.75) is 18.3 Å². The molecule has 23 heavy (non-hydrogen) atoms. The Balaban J connectivity index is 1.62. The van der Waals surface area contributed by atoms with E-state index in [1.165, 1.54) is 18.2 Å². The number of para-hydroxylation sites is 1. The molecule has 2 amide bonds. The molecule has 0 aromatic heterocycles. The SMILES string of the molecule is O=C(NCC1(c2ccc(F)cc2)CC1)Nc1c(F)cccc1F. The number of hydrogen-bond acceptors (Lipinski definition) is 1. The number of nitrogens with one attached hydrogen (secondary N) is 2. The van der Waals surface area contributed by atoms with E-state index in [-0.39, 0.29) is 11.2 Å². The van der Waals surface area contributed by atoms with Gasteiger partial charge in [-0.25, -0.2) is 18.0 Å². The van der Waals surface area contributed by atoms with Crippen LogP contribution >= 0.6 is 0 Å². The number of carbonyl (C=O) groups is 1. The second kappa shape index (κ2) is 5.95. The van der Waals surface area contributed by atoms with Crippen LogP contribution in [0.5, 0.6) is 0 Å². The van der Waals surface area contributed by atoms with E-state index < -0.39 is 23.4 Å². The minimum Gasteiger partial charge on any atom is -0.337 e. The molecule has 120 valence electrons. The summed E-state index contributed by atoms with van der Waals surface area (Å²) in [6.45, 7) is 0.320. The molecule has 0 saturated heterocycles. The molecule has 1 saturated carbocycles. The van der Waals surface area contributed by atoms with E-state index in [0.717, 1.165) is 30.5 Å². The Kier molecular flexibility index (Phi) is 3.98. The fourth-order valence-electron chi connectivity index (χ4n) is 2.55. The lowest BCUT2D eigenvalue weighted by Gasteiger charge is -2.17. The number of hydrogen-bond donors (Lipinski definition) is 2. The van der Waals surface area contributed by atoms with Gasteiger partial charge in [0.2, 0.25) is 0 Å². The number of anilines is 1. The Morgan fingerprint density at radius 1 is 1.00 bits per heavy atom. The third-order valence-corrected chi connectivity index (χ3v) is 4.10. The number of rotatable bonds is 4. The minimum atomic E-state index is -0.834. The van der Waals surface area contributed by atoms with Crippen LogP contribution in [0.15, 0.2) is 42.5 Å². The lowest BCUT2D eigenvalue weighted by molar-refractivity contribution is 0.251. The van der Waals surface area contributed by atoms with Gasteiger partial charge in [0.15, 0.2) is 0 Å². The van der Waals surface area contributed by atoms with Crippen LogP contribution in [0.1, 0.15) is 18.4 Å². The summed E-state index contributed by atoms with van der Waals surface area (Å²) in [5.74, 6) is -1.98. The minimum absolute atomic E-state index is 0.223. The highest BCUT2D eigenvalue weighted by atomic mass is 19.1. The molecule has 2 aromatic carbocycles. The Hall–Kier alpha value is -2.50. The van der Waals surface area contributed by atoms with Crippen molar-refractivity contribution in [3.05, 3.63) is 65.5 Å². The molecule has 3 rings (SSSR count). The molecule has 1 aliphatic rings. The molecule has 1 aliphatic carbocycles. The summed E-state index contributed by atoms with van der Waals surface area (Å²) in [6.07, 6.45) is 1.74. The first-order valence-corrected chi connectivity index (χ1v) is 7.25. The predicted octanol–water partition coefficient (Wildman–Crippen LogP) is 3.96. The van der Waals surface area contributed by atoms with Crippen molar-refractivity contribution in [3.63, 3.8) is 0 Å². The van der Waals surface area contributed by atoms with Crippen LogP contribution in [0.2, 0.25) is 0 Å². The first-order valence-electron chi connectivity index (χ1n) is 7.25. The Labute approximate surface area is 131 Å². The van der Waals surface area contributed by atoms with Crippen molar-refractivity contribution in [2.24, 2.45) is 0 Å². The Bertz CT molecular complexity index is 707. The molecule has 0 radical (unpaired) electrons. The standard InChI is InChI=1S/C17H15F3N2O/c18-12-6-4-11(5-7-12)17(8-9-17)10-21-16(23)22-15-13(19)2-1-3-14(15)20/h1-7H,8-10H2,(H2,21,22,23). The zero-order chi connectivity index (χ0) is 16.4. The first-order chi connectivity index (χ1) is 11.0. The lowest BCUT2D eigenvalue weighted by atomic mass is 9.96. The third kappa shape index (κ3) is 3.31. The van der Waals surface area contributed by atoms with Gasteiger partial charge in [0.1, 0.15) is 23.1 Å². The van der Waals surface area contributed by atoms with Crippen molar-refractivity contribution >= 4 is 11.7 Å². The van der Waals surface area contributed by atoms with Gasteiger partial charge >= 0.3 is 6.03 Å². The van der Waals surface area contributed by atoms with Crippen molar-refractivity contribution in [2.75, 3.05) is 11.9 Å². The molecular weight excluding hydrogens is 305 g/mol. The maximum atomic E-state index is 13.5. The van der Waals surface area contributed by atoms with Gasteiger partial charge in [0.25, 0.3) is 0 Å². The zero-order valence-corrected chi connectivity index (χ0v) is 12.2. The van der Waals surface area contributed by atoms with Gasteiger partial charge in [-0.3, -0.25) is 0 Å². The van der Waals surface area contributed by atoms with Crippen LogP contribution in [0.3, 0.4) is 0 Å². The normalized spacial score (nSPS) is 15.1. The molecule has 0 bridgehead atoms. The summed E-state index contributed by atoms with van der Waals surface area (Å²) in [7, 11) is 0. The zero-order valence-electron chi connectivity index (χ0n) is 12.2. The molecule has 0 heterocycles. The van der Waals surface area contributed by atoms with Crippen molar-refractivity contribution < 1.29 is 18.0 Å². The van der Waals surface area contributed by atoms with Gasteiger partial charge in [0.05, 0.1) is 0 Å². The number of carbonyl (C=O) groups excluding carboxylic acids is 1. The summed E-state index contributed by atoms with van der Waals surface area (Å²) in [6, 6.07) is 8.83. The quantitative estimate of drug-likeness (QED) is 0.880. The summed E-state index contributed by atoms with van der Waals surface area (Å²) in [4.78, 5) is 11.9. The average molecular weight is 320 g/mol. The molecule has 0 aliphatic heterocycles. The maximum Gasteiger partial charge on any atom is 0.319 e. The summed E-state index contributed by atoms with van der Waals surface area (Å²) >= 11 is 0. The molecular formula is C17H15F3N2O. The van der Waals surface area contributed by atoms with Gasteiger partial charge in [-0.2, -0.15) is 0 Å². The number of urea groups is 1. The first kappa shape index (κ1) is 15.4. The molecule has 0 atom stereocenters. The van der Waals surface area contributed by atoms with E-state index in [2.05, 4.69) is 10.6 Å². The fourth-order valence-corrected chi connectivity index (χ4v) is 2.55. The second-order valence-corrected chi connectivity index (χ2v) is 5.69. The van der Waals surface area contributed by atoms with Gasteiger partial charge in [-0.05, 0) is 42.7 Å². The van der Waals surface area contributed by atoms with E-state index in [0.29, 0.717) is 6.54 Å². The average Bonchev–Trinajstić information content (AvgIpc) is 3.31. The van der Waals surface area contributed by atoms with Crippen LogP contribution in [-0.4, -0.2) is 12.6 Å². The van der Waals surface area contributed by atoms with Crippen LogP contribution in [0.4, 0.5) is 23.7 Å². The highest BCUT2D eigenvalue weighted by Gasteiger charge is 2.44. The number of halogens is 3. The monoisotopic (exact) mass is 320 g/mol. The highest BCUT2D eigenvalue weighted by molar-refractivity contribution is 5.89. The van der Waals surface area contributed by atoms with E-state index in [9.17, 15) is 18.0 Å². The Morgan fingerprint density at radius 3 is 2.17 bits per heavy atom. The van der Waals surface area contributed by atoms with Gasteiger partial charge in [-0.1, -0.05) is 18.2 Å². The maximum absolute atomic E-state index is 13.5. The summed E-state index contributed by atoms with van der Waals surface area (Å²) in [5, 5.41) is 4.80. The second-order valence-electron chi connectivity index (χ2n) is 5.69. The lowest BCUT2D eigenvalue weighted by Crippen LogP contribution is -2.35. The van der Waals surface area contributed by atoms with Crippen LogP contribution in [0.25, 0.3) is 0 Å². The summed E-state index contributed by atoms with van der Waals surface area (Å²) in [5.41, 5.74) is 0.242. The molecule has 0 spiro atoms. The van der Waals surface area contributed by atoms with E-state index in [1.807, 2.05) is 0 Å². The van der Waals surface area contributed by atoms with E-state index >= 15 is 0 Å². The van der Waals surface area contributed by atoms with Crippen molar-refractivity contribution in [1.29, 1.82) is 0 Å². The van der Waals surface area contributed by atoms with E-state index in [1.54, 1.807) is 12.1 Å². The smallest absolute Gasteiger partial charge is 0.319 e. The van der Waals surface area contributed by atoms with Crippen LogP contribution in [-0.2, 0) is 5.41 Å². The van der Waals surface area contributed by atoms with Crippen LogP contribution < -0.4 is 10.6 Å². The highest BCUT2D eigenvalue weighted by Crippen LogP contribution is 2.47. The predicted molar refractivity (Wildman–Crippen MR) is 80.7 cm³/mol. The third-order valence-electron chi connectivity index (χ3n) is 4.10. The largest absolute Gasteiger partial charge is 0.337 e. The number of benzene rings is 2. The van der Waals surface area contributed by atoms with Gasteiger partial charge < -0.3 is 10.6 Å². The molecule has 3 nitrogen and oxygen atoms in total. The fraction of sp³-hybridized carbons (Fsp3) is 0.235. The molecule has 2 N–H and O–H groups in total. The van der Waals surface area contributed by atoms with Crippen molar-refractivity contribution in [3.8, 4) is 0 Å². The number of amides is 2. The van der Waals surface area contributed by atoms with E-state index in [4.69, 9.17) is 0 Å². The van der Waals surface area contributed by atoms with Gasteiger partial charge in [0, 0.05) is 12.0 Å². The Morgan fingerprint density at radius 2 is 1.61 bits per heavy atom. The topological polar surface area (TPSA) is 41.1 Å². The molecule has 2 aromatic rings. The molecule has 1 fully saturated rings. The van der Waals surface area contributed by atoms with Crippen molar-refractivity contribution in [1.82, 2.24) is 5.32 Å². The van der Waals surface area contributed by atoms with Crippen LogP contribution in [0, 0.1) is 17.5 Å². The summed E-state index contributed by atoms with van der Waals surface area (Å²) < 4.78 is 39.9. The molecule has 6 heteroatoms. The molecule has 0 unspecified atom stereocenters.